The normalized spacial score (nSPS) is 29.7. The minimum atomic E-state index is -0.0187. The minimum Gasteiger partial charge on any atom is -0.342 e. The quantitative estimate of drug-likeness (QED) is 0.412. The standard InChI is InChI=1S/C28H48N2O2/c1-22(2)19-25-9-5-7-23(20-25)8-6-10-26(31)30-18-12-24(21-30)11-13-28(14-15-28)27(32)29-16-3-4-17-29/h22-25H,3-21H2,1-2H3. The second-order valence-electron chi connectivity index (χ2n) is 12.2. The summed E-state index contributed by atoms with van der Waals surface area (Å²) in [5.74, 6) is 4.04. The van der Waals surface area contributed by atoms with Crippen molar-refractivity contribution in [3.63, 3.8) is 0 Å². The van der Waals surface area contributed by atoms with Gasteiger partial charge in [-0.15, -0.1) is 0 Å². The third kappa shape index (κ3) is 6.29. The summed E-state index contributed by atoms with van der Waals surface area (Å²) in [6.07, 6.45) is 17.9. The smallest absolute Gasteiger partial charge is 0.228 e. The third-order valence-corrected chi connectivity index (χ3v) is 9.07. The molecule has 32 heavy (non-hydrogen) atoms. The summed E-state index contributed by atoms with van der Waals surface area (Å²) in [6, 6.07) is 0. The van der Waals surface area contributed by atoms with Gasteiger partial charge in [-0.3, -0.25) is 9.59 Å². The fraction of sp³-hybridized carbons (Fsp3) is 0.929. The number of nitrogens with zero attached hydrogens (tertiary/aromatic N) is 2. The molecule has 2 aliphatic heterocycles. The number of carbonyl (C=O) groups is 2. The first-order chi connectivity index (χ1) is 15.4. The van der Waals surface area contributed by atoms with Gasteiger partial charge in [0.05, 0.1) is 0 Å². The van der Waals surface area contributed by atoms with Crippen LogP contribution in [0.3, 0.4) is 0 Å². The minimum absolute atomic E-state index is 0.0187. The first-order valence-corrected chi connectivity index (χ1v) is 14.0. The Labute approximate surface area is 196 Å². The molecule has 0 aromatic heterocycles. The van der Waals surface area contributed by atoms with Gasteiger partial charge in [0.15, 0.2) is 0 Å². The van der Waals surface area contributed by atoms with Crippen LogP contribution in [-0.4, -0.2) is 47.8 Å². The first kappa shape index (κ1) is 24.1. The number of amides is 2. The second kappa shape index (κ2) is 10.9. The highest BCUT2D eigenvalue weighted by Gasteiger charge is 2.51. The lowest BCUT2D eigenvalue weighted by Crippen LogP contribution is -2.35. The monoisotopic (exact) mass is 444 g/mol. The van der Waals surface area contributed by atoms with Gasteiger partial charge >= 0.3 is 0 Å². The number of likely N-dealkylation sites (tertiary alicyclic amines) is 2. The highest BCUT2D eigenvalue weighted by atomic mass is 16.2. The van der Waals surface area contributed by atoms with Crippen molar-refractivity contribution in [2.24, 2.45) is 29.1 Å². The van der Waals surface area contributed by atoms with Gasteiger partial charge in [-0.1, -0.05) is 33.1 Å². The van der Waals surface area contributed by atoms with Crippen molar-refractivity contribution in [3.05, 3.63) is 0 Å². The Morgan fingerprint density at radius 2 is 1.62 bits per heavy atom. The van der Waals surface area contributed by atoms with Crippen molar-refractivity contribution in [1.82, 2.24) is 9.80 Å². The Morgan fingerprint density at radius 3 is 2.34 bits per heavy atom. The molecule has 4 fully saturated rings. The topological polar surface area (TPSA) is 40.6 Å². The maximum absolute atomic E-state index is 12.9. The number of hydrogen-bond acceptors (Lipinski definition) is 2. The van der Waals surface area contributed by atoms with Gasteiger partial charge in [-0.05, 0) is 94.3 Å². The third-order valence-electron chi connectivity index (χ3n) is 9.07. The highest BCUT2D eigenvalue weighted by molar-refractivity contribution is 5.85. The average Bonchev–Trinajstić information content (AvgIpc) is 3.16. The maximum Gasteiger partial charge on any atom is 0.228 e. The largest absolute Gasteiger partial charge is 0.342 e. The van der Waals surface area contributed by atoms with Crippen LogP contribution in [0.5, 0.6) is 0 Å². The van der Waals surface area contributed by atoms with Gasteiger partial charge in [-0.2, -0.15) is 0 Å². The van der Waals surface area contributed by atoms with E-state index in [1.165, 1.54) is 51.4 Å². The highest BCUT2D eigenvalue weighted by Crippen LogP contribution is 2.52. The van der Waals surface area contributed by atoms with Crippen LogP contribution in [0.15, 0.2) is 0 Å². The van der Waals surface area contributed by atoms with Crippen molar-refractivity contribution in [3.8, 4) is 0 Å². The van der Waals surface area contributed by atoms with E-state index in [1.807, 2.05) is 0 Å². The molecule has 0 N–H and O–H groups in total. The van der Waals surface area contributed by atoms with E-state index in [0.717, 1.165) is 88.9 Å². The molecule has 4 nitrogen and oxygen atoms in total. The fourth-order valence-electron chi connectivity index (χ4n) is 7.00. The molecule has 0 aromatic carbocycles. The van der Waals surface area contributed by atoms with Crippen LogP contribution in [-0.2, 0) is 9.59 Å². The molecule has 2 heterocycles. The van der Waals surface area contributed by atoms with Gasteiger partial charge in [0, 0.05) is 38.0 Å². The lowest BCUT2D eigenvalue weighted by molar-refractivity contribution is -0.136. The molecule has 2 saturated carbocycles. The molecular formula is C28H48N2O2. The van der Waals surface area contributed by atoms with E-state index in [0.29, 0.717) is 17.7 Å². The average molecular weight is 445 g/mol. The molecule has 2 aliphatic carbocycles. The van der Waals surface area contributed by atoms with Crippen molar-refractivity contribution < 1.29 is 9.59 Å². The van der Waals surface area contributed by atoms with Crippen LogP contribution in [0.1, 0.15) is 110 Å². The Kier molecular flexibility index (Phi) is 8.21. The van der Waals surface area contributed by atoms with Crippen molar-refractivity contribution in [2.45, 2.75) is 110 Å². The second-order valence-corrected chi connectivity index (χ2v) is 12.2. The van der Waals surface area contributed by atoms with E-state index in [-0.39, 0.29) is 5.41 Å². The van der Waals surface area contributed by atoms with Gasteiger partial charge in [0.25, 0.3) is 0 Å². The molecular weight excluding hydrogens is 396 g/mol. The Morgan fingerprint density at radius 1 is 0.875 bits per heavy atom. The van der Waals surface area contributed by atoms with Crippen LogP contribution in [0.25, 0.3) is 0 Å². The molecule has 0 bridgehead atoms. The summed E-state index contributed by atoms with van der Waals surface area (Å²) in [4.78, 5) is 29.9. The van der Waals surface area contributed by atoms with Crippen LogP contribution < -0.4 is 0 Å². The van der Waals surface area contributed by atoms with Crippen molar-refractivity contribution >= 4 is 11.8 Å². The molecule has 2 saturated heterocycles. The van der Waals surface area contributed by atoms with Crippen molar-refractivity contribution in [1.29, 1.82) is 0 Å². The molecule has 0 spiro atoms. The van der Waals surface area contributed by atoms with E-state index in [9.17, 15) is 9.59 Å². The Balaban J connectivity index is 1.12. The zero-order chi connectivity index (χ0) is 22.6. The Bertz CT molecular complexity index is 635. The van der Waals surface area contributed by atoms with Gasteiger partial charge in [-0.25, -0.2) is 0 Å². The van der Waals surface area contributed by atoms with E-state index in [2.05, 4.69) is 23.6 Å². The van der Waals surface area contributed by atoms with E-state index >= 15 is 0 Å². The van der Waals surface area contributed by atoms with E-state index in [4.69, 9.17) is 0 Å². The fourth-order valence-corrected chi connectivity index (χ4v) is 7.00. The van der Waals surface area contributed by atoms with E-state index in [1.54, 1.807) is 0 Å². The number of carbonyl (C=O) groups excluding carboxylic acids is 2. The molecule has 2 amide bonds. The molecule has 4 heteroatoms. The summed E-state index contributed by atoms with van der Waals surface area (Å²) in [6.45, 7) is 8.53. The predicted octanol–water partition coefficient (Wildman–Crippen LogP) is 6.04. The molecule has 4 aliphatic rings. The number of hydrogen-bond donors (Lipinski definition) is 0. The van der Waals surface area contributed by atoms with Crippen LogP contribution in [0.4, 0.5) is 0 Å². The molecule has 0 aromatic rings. The van der Waals surface area contributed by atoms with E-state index < -0.39 is 0 Å². The summed E-state index contributed by atoms with van der Waals surface area (Å²) < 4.78 is 0. The van der Waals surface area contributed by atoms with Crippen LogP contribution >= 0.6 is 0 Å². The lowest BCUT2D eigenvalue weighted by atomic mass is 9.76. The first-order valence-electron chi connectivity index (χ1n) is 14.0. The molecule has 3 atom stereocenters. The molecule has 4 rings (SSSR count). The summed E-state index contributed by atoms with van der Waals surface area (Å²) in [7, 11) is 0. The SMILES string of the molecule is CC(C)CC1CCCC(CCCC(=O)N2CCC(CCC3(C(=O)N4CCCC4)CC3)C2)C1. The van der Waals surface area contributed by atoms with Gasteiger partial charge in [0.2, 0.25) is 11.8 Å². The summed E-state index contributed by atoms with van der Waals surface area (Å²) in [5.41, 5.74) is -0.0187. The summed E-state index contributed by atoms with van der Waals surface area (Å²) >= 11 is 0. The van der Waals surface area contributed by atoms with Crippen LogP contribution in [0, 0.1) is 29.1 Å². The summed E-state index contributed by atoms with van der Waals surface area (Å²) in [5, 5.41) is 0. The Hall–Kier alpha value is -1.06. The van der Waals surface area contributed by atoms with Crippen LogP contribution in [0.2, 0.25) is 0 Å². The molecule has 0 radical (unpaired) electrons. The van der Waals surface area contributed by atoms with Gasteiger partial charge in [0.1, 0.15) is 0 Å². The zero-order valence-corrected chi connectivity index (χ0v) is 21.0. The molecule has 182 valence electrons. The van der Waals surface area contributed by atoms with Crippen molar-refractivity contribution in [2.75, 3.05) is 26.2 Å². The molecule has 3 unspecified atom stereocenters. The number of rotatable bonds is 10. The van der Waals surface area contributed by atoms with Gasteiger partial charge < -0.3 is 9.80 Å². The maximum atomic E-state index is 12.9. The lowest BCUT2D eigenvalue weighted by Gasteiger charge is -2.30. The predicted molar refractivity (Wildman–Crippen MR) is 130 cm³/mol. The zero-order valence-electron chi connectivity index (χ0n) is 21.0.